The Morgan fingerprint density at radius 3 is 2.48 bits per heavy atom. The summed E-state index contributed by atoms with van der Waals surface area (Å²) in [5.74, 6) is 0.334. The molecular weight excluding hydrogens is 424 g/mol. The minimum absolute atomic E-state index is 0.291. The summed E-state index contributed by atoms with van der Waals surface area (Å²) in [7, 11) is 2.63. The van der Waals surface area contributed by atoms with E-state index in [0.717, 1.165) is 4.90 Å². The lowest BCUT2D eigenvalue weighted by Crippen LogP contribution is -2.38. The van der Waals surface area contributed by atoms with E-state index in [0.29, 0.717) is 39.4 Å². The number of carboxylic acid groups (broad SMARTS) is 1. The van der Waals surface area contributed by atoms with Crippen LogP contribution < -0.4 is 20.9 Å². The van der Waals surface area contributed by atoms with E-state index in [9.17, 15) is 19.5 Å². The molecule has 4 aromatic rings. The number of carbonyl (C=O) groups is 2. The molecule has 0 aliphatic rings. The molecule has 1 aromatic heterocycles. The fraction of sp³-hybridized carbons (Fsp3) is 0.0833. The molecule has 0 unspecified atom stereocenters. The molecule has 2 amide bonds. The molecule has 0 aliphatic heterocycles. The van der Waals surface area contributed by atoms with Crippen LogP contribution in [0.2, 0.25) is 0 Å². The molecule has 1 heterocycles. The molecule has 3 aromatic carbocycles. The number of hydrogen-bond acceptors (Lipinski definition) is 6. The molecular formula is C24H19N4O5-. The number of ether oxygens (including phenoxy) is 1. The zero-order valence-corrected chi connectivity index (χ0v) is 17.8. The van der Waals surface area contributed by atoms with Gasteiger partial charge in [-0.25, -0.2) is 9.78 Å². The molecule has 166 valence electrons. The molecule has 0 saturated carbocycles. The van der Waals surface area contributed by atoms with Gasteiger partial charge in [-0.1, -0.05) is 30.3 Å². The third kappa shape index (κ3) is 4.24. The fourth-order valence-corrected chi connectivity index (χ4v) is 3.40. The number of nitrogens with zero attached hydrogens (tertiary/aromatic N) is 3. The Hall–Kier alpha value is -4.66. The third-order valence-electron chi connectivity index (χ3n) is 5.08. The number of hydrogen-bond donors (Lipinski definition) is 1. The summed E-state index contributed by atoms with van der Waals surface area (Å²) in [6.07, 6.45) is -2.01. The Bertz CT molecular complexity index is 1420. The smallest absolute Gasteiger partial charge is 0.411 e. The Morgan fingerprint density at radius 1 is 1.03 bits per heavy atom. The average Bonchev–Trinajstić information content (AvgIpc) is 2.84. The molecule has 0 fully saturated rings. The summed E-state index contributed by atoms with van der Waals surface area (Å²) in [6.45, 7) is 0. The van der Waals surface area contributed by atoms with Crippen LogP contribution in [0.15, 0.2) is 77.6 Å². The van der Waals surface area contributed by atoms with E-state index in [4.69, 9.17) is 4.98 Å². The van der Waals surface area contributed by atoms with Gasteiger partial charge in [0.15, 0.2) is 0 Å². The van der Waals surface area contributed by atoms with Gasteiger partial charge in [-0.3, -0.25) is 14.7 Å². The molecule has 0 atom stereocenters. The van der Waals surface area contributed by atoms with Crippen LogP contribution in [0.3, 0.4) is 0 Å². The van der Waals surface area contributed by atoms with Crippen molar-refractivity contribution in [3.05, 3.63) is 83.2 Å². The molecule has 9 heteroatoms. The number of rotatable bonds is 4. The van der Waals surface area contributed by atoms with Gasteiger partial charge in [-0.05, 0) is 42.5 Å². The van der Waals surface area contributed by atoms with Gasteiger partial charge in [0.25, 0.3) is 5.56 Å². The number of nitrogens with one attached hydrogen (secondary N) is 1. The van der Waals surface area contributed by atoms with Crippen LogP contribution in [0, 0.1) is 0 Å². The zero-order chi connectivity index (χ0) is 23.5. The van der Waals surface area contributed by atoms with Crippen molar-refractivity contribution in [2.75, 3.05) is 24.4 Å². The van der Waals surface area contributed by atoms with Gasteiger partial charge in [0.2, 0.25) is 0 Å². The molecule has 0 saturated heterocycles. The molecule has 0 aliphatic carbocycles. The summed E-state index contributed by atoms with van der Waals surface area (Å²) < 4.78 is 6.06. The number of carbonyl (C=O) groups excluding carboxylic acids is 2. The summed E-state index contributed by atoms with van der Waals surface area (Å²) in [6, 6.07) is 20.4. The van der Waals surface area contributed by atoms with E-state index in [1.165, 1.54) is 24.8 Å². The topological polar surface area (TPSA) is 117 Å². The first kappa shape index (κ1) is 21.6. The normalized spacial score (nSPS) is 10.6. The Kier molecular flexibility index (Phi) is 5.77. The monoisotopic (exact) mass is 443 g/mol. The highest BCUT2D eigenvalue weighted by atomic mass is 16.5. The Labute approximate surface area is 188 Å². The molecule has 1 N–H and O–H groups in total. The molecule has 33 heavy (non-hydrogen) atoms. The van der Waals surface area contributed by atoms with Crippen LogP contribution in [0.1, 0.15) is 0 Å². The van der Waals surface area contributed by atoms with Crippen LogP contribution in [-0.4, -0.2) is 35.9 Å². The minimum atomic E-state index is -1.36. The molecule has 9 nitrogen and oxygen atoms in total. The lowest BCUT2D eigenvalue weighted by molar-refractivity contribution is -0.246. The van der Waals surface area contributed by atoms with E-state index in [1.54, 1.807) is 60.7 Å². The first-order valence-corrected chi connectivity index (χ1v) is 9.91. The summed E-state index contributed by atoms with van der Waals surface area (Å²) >= 11 is 0. The van der Waals surface area contributed by atoms with Gasteiger partial charge in [-0.15, -0.1) is 0 Å². The van der Waals surface area contributed by atoms with Crippen LogP contribution >= 0.6 is 0 Å². The summed E-state index contributed by atoms with van der Waals surface area (Å²) in [4.78, 5) is 42.2. The van der Waals surface area contributed by atoms with Crippen molar-refractivity contribution < 1.29 is 19.4 Å². The van der Waals surface area contributed by atoms with Crippen molar-refractivity contribution in [1.29, 1.82) is 0 Å². The highest BCUT2D eigenvalue weighted by Gasteiger charge is 2.16. The van der Waals surface area contributed by atoms with Crippen molar-refractivity contribution in [1.82, 2.24) is 9.55 Å². The molecule has 0 radical (unpaired) electrons. The number of anilines is 2. The number of para-hydroxylation sites is 1. The molecule has 4 rings (SSSR count). The largest absolute Gasteiger partial charge is 0.530 e. The Morgan fingerprint density at radius 2 is 1.79 bits per heavy atom. The predicted molar refractivity (Wildman–Crippen MR) is 123 cm³/mol. The van der Waals surface area contributed by atoms with Crippen molar-refractivity contribution >= 4 is 34.5 Å². The Balaban J connectivity index is 1.97. The molecule has 0 spiro atoms. The maximum Gasteiger partial charge on any atom is 0.411 e. The quantitative estimate of drug-likeness (QED) is 0.518. The lowest BCUT2D eigenvalue weighted by Gasteiger charge is -2.21. The van der Waals surface area contributed by atoms with Gasteiger partial charge in [0, 0.05) is 24.0 Å². The van der Waals surface area contributed by atoms with E-state index in [1.807, 2.05) is 6.07 Å². The first-order valence-electron chi connectivity index (χ1n) is 9.91. The maximum atomic E-state index is 13.6. The number of aromatic nitrogens is 2. The average molecular weight is 443 g/mol. The number of methoxy groups -OCH3 is 1. The van der Waals surface area contributed by atoms with Crippen LogP contribution in [0.4, 0.5) is 21.0 Å². The van der Waals surface area contributed by atoms with Crippen molar-refractivity contribution in [2.45, 2.75) is 0 Å². The van der Waals surface area contributed by atoms with E-state index in [2.05, 4.69) is 10.1 Å². The van der Waals surface area contributed by atoms with Crippen LogP contribution in [-0.2, 0) is 4.74 Å². The second-order valence-corrected chi connectivity index (χ2v) is 7.14. The second kappa shape index (κ2) is 8.83. The second-order valence-electron chi connectivity index (χ2n) is 7.14. The first-order chi connectivity index (χ1) is 15.9. The van der Waals surface area contributed by atoms with Crippen LogP contribution in [0.5, 0.6) is 0 Å². The van der Waals surface area contributed by atoms with Gasteiger partial charge >= 0.3 is 6.09 Å². The lowest BCUT2D eigenvalue weighted by atomic mass is 10.1. The van der Waals surface area contributed by atoms with E-state index < -0.39 is 12.2 Å². The summed E-state index contributed by atoms with van der Waals surface area (Å²) in [5.41, 5.74) is 1.94. The van der Waals surface area contributed by atoms with Crippen molar-refractivity contribution in [3.8, 4) is 17.1 Å². The van der Waals surface area contributed by atoms with Crippen molar-refractivity contribution in [2.24, 2.45) is 0 Å². The third-order valence-corrected chi connectivity index (χ3v) is 5.08. The van der Waals surface area contributed by atoms with Crippen molar-refractivity contribution in [3.63, 3.8) is 0 Å². The van der Waals surface area contributed by atoms with Gasteiger partial charge in [0.05, 0.1) is 23.7 Å². The van der Waals surface area contributed by atoms with Gasteiger partial charge in [-0.2, -0.15) is 0 Å². The fourth-order valence-electron chi connectivity index (χ4n) is 3.40. The van der Waals surface area contributed by atoms with Gasteiger partial charge < -0.3 is 19.5 Å². The van der Waals surface area contributed by atoms with Gasteiger partial charge in [0.1, 0.15) is 11.9 Å². The van der Waals surface area contributed by atoms with E-state index >= 15 is 0 Å². The zero-order valence-electron chi connectivity index (χ0n) is 17.8. The maximum absolute atomic E-state index is 13.6. The SMILES string of the molecule is COC(=O)Nc1ccc2nc(-c3cccc(N(C)C(=O)[O-])c3)n(-c3ccccc3)c(=O)c2c1. The minimum Gasteiger partial charge on any atom is -0.530 e. The van der Waals surface area contributed by atoms with E-state index in [-0.39, 0.29) is 5.56 Å². The highest BCUT2D eigenvalue weighted by Crippen LogP contribution is 2.26. The number of benzene rings is 3. The number of amides is 2. The highest BCUT2D eigenvalue weighted by molar-refractivity contribution is 5.90. The standard InChI is InChI=1S/C24H20N4O5/c1-27(24(31)32)18-10-6-7-15(13-18)21-26-20-12-11-16(25-23(30)33-2)14-19(20)22(29)28(21)17-8-4-3-5-9-17/h3-14H,1-2H3,(H,25,30)(H,31,32)/p-1. The van der Waals surface area contributed by atoms with Crippen LogP contribution in [0.25, 0.3) is 28.0 Å². The summed E-state index contributed by atoms with van der Waals surface area (Å²) in [5, 5.41) is 14.1. The molecule has 0 bridgehead atoms. The number of fused-ring (bicyclic) bond motifs is 1. The predicted octanol–water partition coefficient (Wildman–Crippen LogP) is 3.01.